The summed E-state index contributed by atoms with van der Waals surface area (Å²) in [7, 11) is 1.67. The molecule has 0 N–H and O–H groups in total. The van der Waals surface area contributed by atoms with Crippen LogP contribution < -0.4 is 0 Å². The molecule has 0 aromatic carbocycles. The van der Waals surface area contributed by atoms with Gasteiger partial charge in [0, 0.05) is 20.0 Å². The van der Waals surface area contributed by atoms with Gasteiger partial charge in [0.2, 0.25) is 0 Å². The second-order valence-corrected chi connectivity index (χ2v) is 5.23. The van der Waals surface area contributed by atoms with Crippen molar-refractivity contribution in [2.24, 2.45) is 0 Å². The van der Waals surface area contributed by atoms with Crippen LogP contribution in [-0.4, -0.2) is 31.6 Å². The van der Waals surface area contributed by atoms with Gasteiger partial charge in [0.15, 0.2) is 0 Å². The van der Waals surface area contributed by atoms with Crippen LogP contribution in [0.2, 0.25) is 0 Å². The summed E-state index contributed by atoms with van der Waals surface area (Å²) in [6.07, 6.45) is 8.71. The van der Waals surface area contributed by atoms with E-state index >= 15 is 0 Å². The molecule has 118 valence electrons. The van der Waals surface area contributed by atoms with Crippen LogP contribution in [0.5, 0.6) is 0 Å². The number of esters is 1. The Labute approximate surface area is 123 Å². The lowest BCUT2D eigenvalue weighted by Crippen LogP contribution is -2.14. The van der Waals surface area contributed by atoms with Crippen LogP contribution in [0.3, 0.4) is 0 Å². The van der Waals surface area contributed by atoms with Gasteiger partial charge in [-0.25, -0.2) is 0 Å². The van der Waals surface area contributed by atoms with Gasteiger partial charge in [-0.3, -0.25) is 9.59 Å². The second kappa shape index (κ2) is 13.1. The molecule has 0 amide bonds. The maximum atomic E-state index is 11.1. The Balaban J connectivity index is 3.35. The Morgan fingerprint density at radius 2 is 1.60 bits per heavy atom. The van der Waals surface area contributed by atoms with E-state index in [0.29, 0.717) is 19.4 Å². The van der Waals surface area contributed by atoms with E-state index in [1.807, 2.05) is 6.92 Å². The van der Waals surface area contributed by atoms with Gasteiger partial charge in [-0.2, -0.15) is 0 Å². The maximum absolute atomic E-state index is 11.1. The number of ketones is 1. The van der Waals surface area contributed by atoms with Crippen LogP contribution in [0.25, 0.3) is 0 Å². The highest BCUT2D eigenvalue weighted by atomic mass is 16.5. The van der Waals surface area contributed by atoms with Crippen molar-refractivity contribution in [3.8, 4) is 0 Å². The molecule has 4 nitrogen and oxygen atoms in total. The zero-order valence-corrected chi connectivity index (χ0v) is 13.3. The van der Waals surface area contributed by atoms with Gasteiger partial charge in [0.25, 0.3) is 0 Å². The van der Waals surface area contributed by atoms with Gasteiger partial charge in [0.05, 0.1) is 12.7 Å². The van der Waals surface area contributed by atoms with Crippen molar-refractivity contribution in [2.75, 3.05) is 13.7 Å². The van der Waals surface area contributed by atoms with Gasteiger partial charge in [0.1, 0.15) is 5.78 Å². The molecular weight excluding hydrogens is 256 g/mol. The quantitative estimate of drug-likeness (QED) is 0.383. The van der Waals surface area contributed by atoms with E-state index in [-0.39, 0.29) is 17.9 Å². The number of methoxy groups -OCH3 is 1. The summed E-state index contributed by atoms with van der Waals surface area (Å²) in [5.41, 5.74) is 0. The van der Waals surface area contributed by atoms with E-state index in [9.17, 15) is 9.59 Å². The molecule has 0 aliphatic carbocycles. The van der Waals surface area contributed by atoms with Crippen LogP contribution in [0.15, 0.2) is 0 Å². The summed E-state index contributed by atoms with van der Waals surface area (Å²) in [5.74, 6) is 0.107. The number of hydrogen-bond donors (Lipinski definition) is 0. The Hall–Kier alpha value is -0.900. The minimum Gasteiger partial charge on any atom is -0.466 e. The number of carbonyl (C=O) groups is 2. The summed E-state index contributed by atoms with van der Waals surface area (Å²) in [6, 6.07) is 0. The smallest absolute Gasteiger partial charge is 0.305 e. The Morgan fingerprint density at radius 3 is 2.15 bits per heavy atom. The standard InChI is InChI=1S/C16H30O4/c1-4-20-16(18)12-10-8-6-5-7-9-11-15(19-3)13-14(2)17/h15H,4-13H2,1-3H3. The van der Waals surface area contributed by atoms with Crippen molar-refractivity contribution in [3.05, 3.63) is 0 Å². The van der Waals surface area contributed by atoms with Crippen molar-refractivity contribution >= 4 is 11.8 Å². The third-order valence-electron chi connectivity index (χ3n) is 3.31. The molecule has 1 atom stereocenters. The van der Waals surface area contributed by atoms with Crippen molar-refractivity contribution < 1.29 is 19.1 Å². The molecule has 0 aromatic rings. The van der Waals surface area contributed by atoms with Gasteiger partial charge < -0.3 is 9.47 Å². The maximum Gasteiger partial charge on any atom is 0.305 e. The third kappa shape index (κ3) is 12.2. The molecular formula is C16H30O4. The fraction of sp³-hybridized carbons (Fsp3) is 0.875. The van der Waals surface area contributed by atoms with Gasteiger partial charge >= 0.3 is 5.97 Å². The monoisotopic (exact) mass is 286 g/mol. The molecule has 20 heavy (non-hydrogen) atoms. The number of carbonyl (C=O) groups excluding carboxylic acids is 2. The van der Waals surface area contributed by atoms with Crippen molar-refractivity contribution in [2.45, 2.75) is 77.7 Å². The summed E-state index contributed by atoms with van der Waals surface area (Å²) >= 11 is 0. The van der Waals surface area contributed by atoms with Crippen molar-refractivity contribution in [1.82, 2.24) is 0 Å². The Morgan fingerprint density at radius 1 is 1.00 bits per heavy atom. The summed E-state index contributed by atoms with van der Waals surface area (Å²) in [4.78, 5) is 22.1. The first-order valence-corrected chi connectivity index (χ1v) is 7.78. The average Bonchev–Trinajstić information content (AvgIpc) is 2.40. The van der Waals surface area contributed by atoms with Gasteiger partial charge in [-0.05, 0) is 26.7 Å². The molecule has 0 aliphatic heterocycles. The molecule has 0 rings (SSSR count). The van der Waals surface area contributed by atoms with Crippen molar-refractivity contribution in [1.29, 1.82) is 0 Å². The highest BCUT2D eigenvalue weighted by Crippen LogP contribution is 2.13. The number of Topliss-reactive ketones (excluding diaryl/α,β-unsaturated/α-hetero) is 1. The van der Waals surface area contributed by atoms with Crippen LogP contribution >= 0.6 is 0 Å². The fourth-order valence-electron chi connectivity index (χ4n) is 2.21. The summed E-state index contributed by atoms with van der Waals surface area (Å²) < 4.78 is 10.2. The zero-order valence-electron chi connectivity index (χ0n) is 13.3. The number of rotatable bonds is 13. The molecule has 1 unspecified atom stereocenters. The molecule has 0 bridgehead atoms. The molecule has 0 radical (unpaired) electrons. The SMILES string of the molecule is CCOC(=O)CCCCCCCCC(CC(C)=O)OC. The fourth-order valence-corrected chi connectivity index (χ4v) is 2.21. The largest absolute Gasteiger partial charge is 0.466 e. The molecule has 0 aromatic heterocycles. The second-order valence-electron chi connectivity index (χ2n) is 5.23. The lowest BCUT2D eigenvalue weighted by atomic mass is 10.0. The zero-order chi connectivity index (χ0) is 15.2. The molecule has 4 heteroatoms. The number of hydrogen-bond acceptors (Lipinski definition) is 4. The van der Waals surface area contributed by atoms with E-state index in [1.54, 1.807) is 14.0 Å². The molecule has 0 spiro atoms. The topological polar surface area (TPSA) is 52.6 Å². The predicted molar refractivity (Wildman–Crippen MR) is 79.7 cm³/mol. The first kappa shape index (κ1) is 19.1. The highest BCUT2D eigenvalue weighted by molar-refractivity contribution is 5.75. The number of ether oxygens (including phenoxy) is 2. The van der Waals surface area contributed by atoms with Crippen LogP contribution in [-0.2, 0) is 19.1 Å². The van der Waals surface area contributed by atoms with E-state index in [4.69, 9.17) is 9.47 Å². The highest BCUT2D eigenvalue weighted by Gasteiger charge is 2.09. The van der Waals surface area contributed by atoms with E-state index in [0.717, 1.165) is 38.5 Å². The third-order valence-corrected chi connectivity index (χ3v) is 3.31. The first-order chi connectivity index (χ1) is 9.60. The van der Waals surface area contributed by atoms with Crippen LogP contribution in [0.4, 0.5) is 0 Å². The van der Waals surface area contributed by atoms with Crippen LogP contribution in [0, 0.1) is 0 Å². The van der Waals surface area contributed by atoms with E-state index < -0.39 is 0 Å². The Bertz CT molecular complexity index is 263. The van der Waals surface area contributed by atoms with Gasteiger partial charge in [-0.15, -0.1) is 0 Å². The van der Waals surface area contributed by atoms with Crippen LogP contribution in [0.1, 0.15) is 71.6 Å². The lowest BCUT2D eigenvalue weighted by Gasteiger charge is -2.13. The summed E-state index contributed by atoms with van der Waals surface area (Å²) in [5, 5.41) is 0. The predicted octanol–water partition coefficient (Wildman–Crippen LogP) is 3.66. The molecule has 0 aliphatic rings. The normalized spacial score (nSPS) is 12.2. The Kier molecular flexibility index (Phi) is 12.5. The summed E-state index contributed by atoms with van der Waals surface area (Å²) in [6.45, 7) is 3.91. The molecule has 0 saturated carbocycles. The molecule has 0 heterocycles. The van der Waals surface area contributed by atoms with E-state index in [1.165, 1.54) is 6.42 Å². The minimum absolute atomic E-state index is 0.0799. The van der Waals surface area contributed by atoms with E-state index in [2.05, 4.69) is 0 Å². The molecule has 0 saturated heterocycles. The first-order valence-electron chi connectivity index (χ1n) is 7.78. The van der Waals surface area contributed by atoms with Crippen molar-refractivity contribution in [3.63, 3.8) is 0 Å². The minimum atomic E-state index is -0.0836. The number of unbranched alkanes of at least 4 members (excludes halogenated alkanes) is 5. The van der Waals surface area contributed by atoms with Gasteiger partial charge in [-0.1, -0.05) is 32.1 Å². The molecule has 0 fully saturated rings. The average molecular weight is 286 g/mol. The lowest BCUT2D eigenvalue weighted by molar-refractivity contribution is -0.143.